The average Bonchev–Trinajstić information content (AvgIpc) is 3.02. The SMILES string of the molecule is Cc1cc([N-]S(=O)(=O)c2ccc(NC(=O)c3ccc(C)c(C)c3)cc2)no1. The number of anilines is 1. The van der Waals surface area contributed by atoms with Gasteiger partial charge in [0.1, 0.15) is 5.76 Å². The fraction of sp³-hybridized carbons (Fsp3) is 0.158. The van der Waals surface area contributed by atoms with E-state index in [0.29, 0.717) is 17.0 Å². The van der Waals surface area contributed by atoms with Crippen LogP contribution in [-0.2, 0) is 10.0 Å². The molecule has 1 amide bonds. The maximum absolute atomic E-state index is 12.3. The van der Waals surface area contributed by atoms with Gasteiger partial charge in [-0.3, -0.25) is 9.95 Å². The molecule has 0 bridgehead atoms. The van der Waals surface area contributed by atoms with E-state index < -0.39 is 10.0 Å². The van der Waals surface area contributed by atoms with Crippen LogP contribution >= 0.6 is 0 Å². The second-order valence-corrected chi connectivity index (χ2v) is 7.74. The molecule has 3 aromatic rings. The van der Waals surface area contributed by atoms with Crippen LogP contribution in [0.25, 0.3) is 4.72 Å². The van der Waals surface area contributed by atoms with Crippen LogP contribution < -0.4 is 5.32 Å². The molecule has 1 N–H and O–H groups in total. The molecule has 0 saturated carbocycles. The molecule has 27 heavy (non-hydrogen) atoms. The van der Waals surface area contributed by atoms with Crippen LogP contribution in [0.15, 0.2) is 57.9 Å². The molecule has 0 aliphatic rings. The Balaban J connectivity index is 1.72. The number of aromatic nitrogens is 1. The highest BCUT2D eigenvalue weighted by Gasteiger charge is 2.12. The van der Waals surface area contributed by atoms with Gasteiger partial charge in [0.05, 0.1) is 4.90 Å². The monoisotopic (exact) mass is 384 g/mol. The smallest absolute Gasteiger partial charge is 0.255 e. The first kappa shape index (κ1) is 18.7. The van der Waals surface area contributed by atoms with Crippen molar-refractivity contribution in [3.8, 4) is 0 Å². The minimum atomic E-state index is -3.92. The average molecular weight is 384 g/mol. The molecule has 0 saturated heterocycles. The molecule has 0 unspecified atom stereocenters. The number of aryl methyl sites for hydroxylation is 3. The van der Waals surface area contributed by atoms with Crippen LogP contribution in [-0.4, -0.2) is 19.5 Å². The van der Waals surface area contributed by atoms with Crippen molar-refractivity contribution in [2.45, 2.75) is 25.7 Å². The molecule has 3 rings (SSSR count). The highest BCUT2D eigenvalue weighted by atomic mass is 32.2. The van der Waals surface area contributed by atoms with Gasteiger partial charge in [-0.1, -0.05) is 6.07 Å². The maximum Gasteiger partial charge on any atom is 0.255 e. The molecule has 0 aliphatic heterocycles. The fourth-order valence-corrected chi connectivity index (χ4v) is 3.29. The molecule has 0 aliphatic carbocycles. The fourth-order valence-electron chi connectivity index (χ4n) is 2.37. The van der Waals surface area contributed by atoms with Crippen molar-refractivity contribution in [3.05, 3.63) is 75.7 Å². The zero-order valence-electron chi connectivity index (χ0n) is 15.1. The summed E-state index contributed by atoms with van der Waals surface area (Å²) < 4.78 is 33.0. The Kier molecular flexibility index (Phi) is 5.00. The number of nitrogens with one attached hydrogen (secondary N) is 1. The summed E-state index contributed by atoms with van der Waals surface area (Å²) in [6, 6.07) is 12.6. The van der Waals surface area contributed by atoms with Crippen molar-refractivity contribution in [1.82, 2.24) is 5.16 Å². The lowest BCUT2D eigenvalue weighted by atomic mass is 10.1. The Bertz CT molecular complexity index is 1090. The molecular formula is C19H18N3O4S-. The molecule has 0 radical (unpaired) electrons. The summed E-state index contributed by atoms with van der Waals surface area (Å²) in [5.74, 6) is 0.185. The lowest BCUT2D eigenvalue weighted by Gasteiger charge is -2.12. The molecule has 7 nitrogen and oxygen atoms in total. The van der Waals surface area contributed by atoms with Gasteiger partial charge in [-0.25, -0.2) is 8.42 Å². The molecule has 0 spiro atoms. The van der Waals surface area contributed by atoms with Gasteiger partial charge < -0.3 is 14.6 Å². The maximum atomic E-state index is 12.3. The van der Waals surface area contributed by atoms with E-state index >= 15 is 0 Å². The van der Waals surface area contributed by atoms with Crippen molar-refractivity contribution in [1.29, 1.82) is 0 Å². The van der Waals surface area contributed by atoms with Gasteiger partial charge in [0, 0.05) is 11.3 Å². The van der Waals surface area contributed by atoms with E-state index in [2.05, 4.69) is 15.2 Å². The number of carbonyl (C=O) groups excluding carboxylic acids is 1. The van der Waals surface area contributed by atoms with Crippen LogP contribution in [0, 0.1) is 20.8 Å². The van der Waals surface area contributed by atoms with E-state index in [1.54, 1.807) is 13.0 Å². The van der Waals surface area contributed by atoms with Crippen molar-refractivity contribution >= 4 is 27.4 Å². The molecule has 0 fully saturated rings. The molecule has 1 heterocycles. The van der Waals surface area contributed by atoms with Crippen LogP contribution in [0.3, 0.4) is 0 Å². The Morgan fingerprint density at radius 1 is 1.00 bits per heavy atom. The number of nitrogens with zero attached hydrogens (tertiary/aromatic N) is 2. The predicted octanol–water partition coefficient (Wildman–Crippen LogP) is 4.25. The van der Waals surface area contributed by atoms with Crippen LogP contribution in [0.1, 0.15) is 27.2 Å². The first-order valence-electron chi connectivity index (χ1n) is 8.14. The standard InChI is InChI=1S/C19H19N3O4S/c1-12-4-5-15(10-13(12)2)19(23)20-16-6-8-17(9-7-16)27(24,25)22-18-11-14(3)26-21-18/h4-11H,1-3H3,(H2,20,21,22,23)/p-1. The van der Waals surface area contributed by atoms with Crippen molar-refractivity contribution in [2.24, 2.45) is 0 Å². The van der Waals surface area contributed by atoms with Crippen molar-refractivity contribution < 1.29 is 17.7 Å². The number of carbonyl (C=O) groups is 1. The van der Waals surface area contributed by atoms with Gasteiger partial charge in [0.25, 0.3) is 5.91 Å². The minimum Gasteiger partial charge on any atom is -0.460 e. The number of rotatable bonds is 5. The normalized spacial score (nSPS) is 11.2. The summed E-state index contributed by atoms with van der Waals surface area (Å²) >= 11 is 0. The molecule has 0 atom stereocenters. The number of hydrogen-bond acceptors (Lipinski definition) is 5. The third kappa shape index (κ3) is 4.35. The van der Waals surface area contributed by atoms with Crippen molar-refractivity contribution in [2.75, 3.05) is 5.32 Å². The minimum absolute atomic E-state index is 0.00710. The third-order valence-electron chi connectivity index (χ3n) is 4.01. The van der Waals surface area contributed by atoms with Gasteiger partial charge in [-0.15, -0.1) is 0 Å². The summed E-state index contributed by atoms with van der Waals surface area (Å²) in [5, 5.41) is 6.30. The Labute approximate surface area is 157 Å². The lowest BCUT2D eigenvalue weighted by Crippen LogP contribution is -2.12. The van der Waals surface area contributed by atoms with E-state index in [4.69, 9.17) is 4.52 Å². The van der Waals surface area contributed by atoms with Crippen molar-refractivity contribution in [3.63, 3.8) is 0 Å². The zero-order valence-corrected chi connectivity index (χ0v) is 15.9. The third-order valence-corrected chi connectivity index (χ3v) is 5.30. The Morgan fingerprint density at radius 2 is 1.70 bits per heavy atom. The van der Waals surface area contributed by atoms with Gasteiger partial charge in [0.2, 0.25) is 10.0 Å². The summed E-state index contributed by atoms with van der Waals surface area (Å²) in [6.45, 7) is 5.55. The number of sulfonamides is 1. The van der Waals surface area contributed by atoms with E-state index in [0.717, 1.165) is 11.1 Å². The van der Waals surface area contributed by atoms with Crippen LogP contribution in [0.4, 0.5) is 11.5 Å². The molecule has 2 aromatic carbocycles. The van der Waals surface area contributed by atoms with E-state index in [1.807, 2.05) is 26.0 Å². The Morgan fingerprint density at radius 3 is 2.30 bits per heavy atom. The van der Waals surface area contributed by atoms with Gasteiger partial charge in [0.15, 0.2) is 0 Å². The quantitative estimate of drug-likeness (QED) is 0.708. The van der Waals surface area contributed by atoms with Gasteiger partial charge in [-0.2, -0.15) is 0 Å². The first-order chi connectivity index (χ1) is 12.7. The highest BCUT2D eigenvalue weighted by molar-refractivity contribution is 7.94. The summed E-state index contributed by atoms with van der Waals surface area (Å²) in [4.78, 5) is 12.3. The topological polar surface area (TPSA) is 103 Å². The number of amides is 1. The van der Waals surface area contributed by atoms with Gasteiger partial charge >= 0.3 is 0 Å². The summed E-state index contributed by atoms with van der Waals surface area (Å²) in [5.41, 5.74) is 3.14. The first-order valence-corrected chi connectivity index (χ1v) is 9.58. The van der Waals surface area contributed by atoms with E-state index in [1.165, 1.54) is 30.3 Å². The van der Waals surface area contributed by atoms with Gasteiger partial charge in [-0.05, 0) is 80.2 Å². The molecule has 140 valence electrons. The second-order valence-electron chi connectivity index (χ2n) is 6.14. The summed E-state index contributed by atoms with van der Waals surface area (Å²) in [7, 11) is -3.92. The molecular weight excluding hydrogens is 366 g/mol. The largest absolute Gasteiger partial charge is 0.460 e. The Hall–Kier alpha value is -3.13. The molecule has 1 aromatic heterocycles. The van der Waals surface area contributed by atoms with E-state index in [9.17, 15) is 13.2 Å². The number of hydrogen-bond donors (Lipinski definition) is 1. The second kappa shape index (κ2) is 7.24. The van der Waals surface area contributed by atoms with Crippen LogP contribution in [0.2, 0.25) is 0 Å². The highest BCUT2D eigenvalue weighted by Crippen LogP contribution is 2.27. The zero-order chi connectivity index (χ0) is 19.6. The lowest BCUT2D eigenvalue weighted by molar-refractivity contribution is 0.102. The van der Waals surface area contributed by atoms with E-state index in [-0.39, 0.29) is 16.6 Å². The predicted molar refractivity (Wildman–Crippen MR) is 102 cm³/mol. The number of benzene rings is 2. The molecule has 8 heteroatoms. The van der Waals surface area contributed by atoms with Crippen LogP contribution in [0.5, 0.6) is 0 Å². The summed E-state index contributed by atoms with van der Waals surface area (Å²) in [6.07, 6.45) is 0.